The van der Waals surface area contributed by atoms with Crippen molar-refractivity contribution in [3.63, 3.8) is 0 Å². The number of hydrogen-bond acceptors (Lipinski definition) is 4. The van der Waals surface area contributed by atoms with E-state index < -0.39 is 0 Å². The molecule has 0 spiro atoms. The number of ether oxygens (including phenoxy) is 1. The van der Waals surface area contributed by atoms with Gasteiger partial charge in [0.15, 0.2) is 5.13 Å². The van der Waals surface area contributed by atoms with Gasteiger partial charge in [-0.3, -0.25) is 0 Å². The Bertz CT molecular complexity index is 822. The average molecular weight is 324 g/mol. The van der Waals surface area contributed by atoms with Crippen LogP contribution in [0, 0.1) is 20.8 Å². The quantitative estimate of drug-likeness (QED) is 0.689. The Balaban J connectivity index is 1.86. The summed E-state index contributed by atoms with van der Waals surface area (Å²) in [6.07, 6.45) is 0. The molecule has 0 aliphatic rings. The maximum absolute atomic E-state index is 5.18. The molecule has 118 valence electrons. The number of aryl methyl sites for hydroxylation is 3. The number of aromatic nitrogens is 1. The van der Waals surface area contributed by atoms with Gasteiger partial charge in [-0.05, 0) is 62.2 Å². The second-order valence-corrected chi connectivity index (χ2v) is 6.78. The van der Waals surface area contributed by atoms with E-state index in [4.69, 9.17) is 9.72 Å². The standard InChI is InChI=1S/C19H20N2OS/c1-12-5-6-15(11-13(12)2)18-14(3)23-19(21-18)20-16-7-9-17(22-4)10-8-16/h5-11H,1-4H3,(H,20,21). The van der Waals surface area contributed by atoms with Crippen LogP contribution in [0.25, 0.3) is 11.3 Å². The maximum atomic E-state index is 5.18. The van der Waals surface area contributed by atoms with Gasteiger partial charge < -0.3 is 10.1 Å². The monoisotopic (exact) mass is 324 g/mol. The molecule has 0 radical (unpaired) electrons. The van der Waals surface area contributed by atoms with E-state index in [2.05, 4.69) is 44.3 Å². The van der Waals surface area contributed by atoms with Gasteiger partial charge in [-0.15, -0.1) is 11.3 Å². The second kappa shape index (κ2) is 6.42. The minimum Gasteiger partial charge on any atom is -0.497 e. The molecule has 3 rings (SSSR count). The van der Waals surface area contributed by atoms with Gasteiger partial charge in [0.2, 0.25) is 0 Å². The lowest BCUT2D eigenvalue weighted by Crippen LogP contribution is -1.90. The summed E-state index contributed by atoms with van der Waals surface area (Å²) in [5.41, 5.74) is 5.82. The highest BCUT2D eigenvalue weighted by Gasteiger charge is 2.11. The van der Waals surface area contributed by atoms with Gasteiger partial charge in [0.05, 0.1) is 12.8 Å². The van der Waals surface area contributed by atoms with Crippen molar-refractivity contribution in [1.82, 2.24) is 4.98 Å². The lowest BCUT2D eigenvalue weighted by Gasteiger charge is -2.04. The summed E-state index contributed by atoms with van der Waals surface area (Å²) in [7, 11) is 1.67. The summed E-state index contributed by atoms with van der Waals surface area (Å²) in [5, 5.41) is 4.27. The van der Waals surface area contributed by atoms with Crippen LogP contribution in [0.3, 0.4) is 0 Å². The molecular formula is C19H20N2OS. The predicted octanol–water partition coefficient (Wildman–Crippen LogP) is 5.49. The van der Waals surface area contributed by atoms with E-state index in [1.807, 2.05) is 24.3 Å². The zero-order chi connectivity index (χ0) is 16.4. The van der Waals surface area contributed by atoms with Crippen LogP contribution in [-0.4, -0.2) is 12.1 Å². The third kappa shape index (κ3) is 3.37. The lowest BCUT2D eigenvalue weighted by molar-refractivity contribution is 0.415. The first kappa shape index (κ1) is 15.6. The van der Waals surface area contributed by atoms with Crippen molar-refractivity contribution in [2.24, 2.45) is 0 Å². The third-order valence-corrected chi connectivity index (χ3v) is 4.80. The summed E-state index contributed by atoms with van der Waals surface area (Å²) in [6.45, 7) is 6.38. The molecule has 0 bridgehead atoms. The SMILES string of the molecule is COc1ccc(Nc2nc(-c3ccc(C)c(C)c3)c(C)s2)cc1. The Hall–Kier alpha value is -2.33. The molecule has 1 aromatic heterocycles. The van der Waals surface area contributed by atoms with Gasteiger partial charge in [-0.1, -0.05) is 12.1 Å². The fourth-order valence-corrected chi connectivity index (χ4v) is 3.26. The highest BCUT2D eigenvalue weighted by atomic mass is 32.1. The van der Waals surface area contributed by atoms with E-state index in [1.165, 1.54) is 21.6 Å². The fraction of sp³-hybridized carbons (Fsp3) is 0.211. The maximum Gasteiger partial charge on any atom is 0.187 e. The van der Waals surface area contributed by atoms with Crippen molar-refractivity contribution >= 4 is 22.2 Å². The molecular weight excluding hydrogens is 304 g/mol. The smallest absolute Gasteiger partial charge is 0.187 e. The first-order valence-corrected chi connectivity index (χ1v) is 8.34. The number of thiazole rings is 1. The summed E-state index contributed by atoms with van der Waals surface area (Å²) < 4.78 is 5.18. The first-order valence-electron chi connectivity index (χ1n) is 7.53. The van der Waals surface area contributed by atoms with Crippen molar-refractivity contribution in [2.45, 2.75) is 20.8 Å². The molecule has 23 heavy (non-hydrogen) atoms. The Morgan fingerprint density at radius 1 is 0.957 bits per heavy atom. The van der Waals surface area contributed by atoms with Crippen LogP contribution >= 0.6 is 11.3 Å². The molecule has 2 aromatic carbocycles. The third-order valence-electron chi connectivity index (χ3n) is 3.92. The number of anilines is 2. The molecule has 0 atom stereocenters. The van der Waals surface area contributed by atoms with Crippen LogP contribution in [0.5, 0.6) is 5.75 Å². The molecule has 0 aliphatic carbocycles. The van der Waals surface area contributed by atoms with Gasteiger partial charge in [-0.25, -0.2) is 4.98 Å². The van der Waals surface area contributed by atoms with Crippen LogP contribution in [0.4, 0.5) is 10.8 Å². The van der Waals surface area contributed by atoms with Crippen LogP contribution < -0.4 is 10.1 Å². The molecule has 4 heteroatoms. The van der Waals surface area contributed by atoms with Crippen LogP contribution in [0.15, 0.2) is 42.5 Å². The van der Waals surface area contributed by atoms with E-state index in [0.29, 0.717) is 0 Å². The molecule has 0 fully saturated rings. The van der Waals surface area contributed by atoms with Gasteiger partial charge in [0.1, 0.15) is 5.75 Å². The predicted molar refractivity (Wildman–Crippen MR) is 98.0 cm³/mol. The minimum atomic E-state index is 0.849. The van der Waals surface area contributed by atoms with E-state index in [1.54, 1.807) is 18.4 Å². The highest BCUT2D eigenvalue weighted by Crippen LogP contribution is 2.33. The topological polar surface area (TPSA) is 34.1 Å². The summed E-state index contributed by atoms with van der Waals surface area (Å²) in [5.74, 6) is 0.849. The highest BCUT2D eigenvalue weighted by molar-refractivity contribution is 7.16. The number of nitrogens with one attached hydrogen (secondary N) is 1. The number of methoxy groups -OCH3 is 1. The number of nitrogens with zero attached hydrogens (tertiary/aromatic N) is 1. The molecule has 0 saturated heterocycles. The summed E-state index contributed by atoms with van der Waals surface area (Å²) in [6, 6.07) is 14.4. The molecule has 3 aromatic rings. The Labute approximate surface area is 141 Å². The van der Waals surface area contributed by atoms with Crippen molar-refractivity contribution in [2.75, 3.05) is 12.4 Å². The van der Waals surface area contributed by atoms with E-state index in [9.17, 15) is 0 Å². The van der Waals surface area contributed by atoms with Gasteiger partial charge in [0.25, 0.3) is 0 Å². The molecule has 3 nitrogen and oxygen atoms in total. The van der Waals surface area contributed by atoms with Crippen LogP contribution in [-0.2, 0) is 0 Å². The van der Waals surface area contributed by atoms with Crippen molar-refractivity contribution < 1.29 is 4.74 Å². The van der Waals surface area contributed by atoms with Gasteiger partial charge in [-0.2, -0.15) is 0 Å². The molecule has 0 saturated carbocycles. The molecule has 0 unspecified atom stereocenters. The summed E-state index contributed by atoms with van der Waals surface area (Å²) in [4.78, 5) is 5.98. The van der Waals surface area contributed by atoms with Crippen molar-refractivity contribution in [3.8, 4) is 17.0 Å². The number of benzene rings is 2. The minimum absolute atomic E-state index is 0.849. The molecule has 0 aliphatic heterocycles. The van der Waals surface area contributed by atoms with Gasteiger partial charge in [0, 0.05) is 16.1 Å². The Morgan fingerprint density at radius 3 is 2.35 bits per heavy atom. The van der Waals surface area contributed by atoms with Crippen LogP contribution in [0.1, 0.15) is 16.0 Å². The molecule has 0 amide bonds. The molecule has 1 N–H and O–H groups in total. The van der Waals surface area contributed by atoms with Gasteiger partial charge >= 0.3 is 0 Å². The largest absolute Gasteiger partial charge is 0.497 e. The number of rotatable bonds is 4. The zero-order valence-electron chi connectivity index (χ0n) is 13.8. The van der Waals surface area contributed by atoms with Crippen LogP contribution in [0.2, 0.25) is 0 Å². The van der Waals surface area contributed by atoms with E-state index in [-0.39, 0.29) is 0 Å². The average Bonchev–Trinajstić information content (AvgIpc) is 2.91. The number of hydrogen-bond donors (Lipinski definition) is 1. The Kier molecular flexibility index (Phi) is 4.35. The normalized spacial score (nSPS) is 10.6. The second-order valence-electron chi connectivity index (χ2n) is 5.58. The van der Waals surface area contributed by atoms with E-state index in [0.717, 1.165) is 22.3 Å². The van der Waals surface area contributed by atoms with E-state index >= 15 is 0 Å². The van der Waals surface area contributed by atoms with Crippen molar-refractivity contribution in [1.29, 1.82) is 0 Å². The first-order chi connectivity index (χ1) is 11.1. The summed E-state index contributed by atoms with van der Waals surface area (Å²) >= 11 is 1.67. The van der Waals surface area contributed by atoms with Crippen molar-refractivity contribution in [3.05, 3.63) is 58.5 Å². The fourth-order valence-electron chi connectivity index (χ4n) is 2.40. The molecule has 1 heterocycles. The zero-order valence-corrected chi connectivity index (χ0v) is 14.6. The lowest BCUT2D eigenvalue weighted by atomic mass is 10.0. The Morgan fingerprint density at radius 2 is 1.70 bits per heavy atom.